The number of amides is 1. The molecule has 116 valence electrons. The largest absolute Gasteiger partial charge is 0.376 e. The van der Waals surface area contributed by atoms with Crippen molar-refractivity contribution in [2.75, 3.05) is 26.2 Å². The van der Waals surface area contributed by atoms with E-state index < -0.39 is 0 Å². The van der Waals surface area contributed by atoms with Gasteiger partial charge in [-0.1, -0.05) is 0 Å². The van der Waals surface area contributed by atoms with E-state index in [-0.39, 0.29) is 18.1 Å². The van der Waals surface area contributed by atoms with Crippen LogP contribution in [0.3, 0.4) is 0 Å². The van der Waals surface area contributed by atoms with Crippen LogP contribution in [0.15, 0.2) is 12.4 Å². The quantitative estimate of drug-likeness (QED) is 0.869. The van der Waals surface area contributed by atoms with E-state index in [4.69, 9.17) is 4.74 Å². The Morgan fingerprint density at radius 3 is 3.00 bits per heavy atom. The van der Waals surface area contributed by atoms with Crippen molar-refractivity contribution >= 4 is 5.91 Å². The third-order valence-electron chi connectivity index (χ3n) is 4.45. The van der Waals surface area contributed by atoms with E-state index in [1.807, 2.05) is 24.7 Å². The van der Waals surface area contributed by atoms with Gasteiger partial charge in [-0.3, -0.25) is 14.4 Å². The van der Waals surface area contributed by atoms with Crippen molar-refractivity contribution in [3.63, 3.8) is 0 Å². The van der Waals surface area contributed by atoms with Crippen LogP contribution in [-0.4, -0.2) is 59.0 Å². The fourth-order valence-corrected chi connectivity index (χ4v) is 2.94. The molecule has 1 aromatic rings. The van der Waals surface area contributed by atoms with Crippen molar-refractivity contribution in [2.24, 2.45) is 0 Å². The molecule has 2 fully saturated rings. The summed E-state index contributed by atoms with van der Waals surface area (Å²) in [5.74, 6) is 0.0978. The number of nitrogens with one attached hydrogen (secondary N) is 1. The average Bonchev–Trinajstić information content (AvgIpc) is 3.06. The second-order valence-electron chi connectivity index (χ2n) is 6.16. The number of ether oxygens (including phenoxy) is 1. The van der Waals surface area contributed by atoms with Gasteiger partial charge < -0.3 is 10.1 Å². The lowest BCUT2D eigenvalue weighted by Crippen LogP contribution is -2.57. The predicted octanol–water partition coefficient (Wildman–Crippen LogP) is 0.732. The summed E-state index contributed by atoms with van der Waals surface area (Å²) in [5, 5.41) is 7.34. The number of likely N-dealkylation sites (tertiary alicyclic amines) is 1. The SMILES string of the molecule is Cc1cnn(C2CN([C@@H](C)C(=O)NC[C@H]3CCCO3)C2)c1. The van der Waals surface area contributed by atoms with Gasteiger partial charge in [0.2, 0.25) is 5.91 Å². The molecule has 3 heterocycles. The van der Waals surface area contributed by atoms with E-state index in [1.165, 1.54) is 5.56 Å². The van der Waals surface area contributed by atoms with Crippen LogP contribution in [0.1, 0.15) is 31.4 Å². The third kappa shape index (κ3) is 3.27. The minimum absolute atomic E-state index is 0.0840. The summed E-state index contributed by atoms with van der Waals surface area (Å²) in [4.78, 5) is 14.3. The summed E-state index contributed by atoms with van der Waals surface area (Å²) in [7, 11) is 0. The van der Waals surface area contributed by atoms with Crippen LogP contribution in [0.25, 0.3) is 0 Å². The Morgan fingerprint density at radius 1 is 1.57 bits per heavy atom. The zero-order chi connectivity index (χ0) is 14.8. The zero-order valence-electron chi connectivity index (χ0n) is 12.8. The van der Waals surface area contributed by atoms with E-state index in [2.05, 4.69) is 21.5 Å². The van der Waals surface area contributed by atoms with Crippen molar-refractivity contribution in [2.45, 2.75) is 44.9 Å². The van der Waals surface area contributed by atoms with Gasteiger partial charge in [0.25, 0.3) is 0 Å². The Kier molecular flexibility index (Phi) is 4.26. The number of aryl methyl sites for hydroxylation is 1. The number of hydrogen-bond donors (Lipinski definition) is 1. The standard InChI is InChI=1S/C15H24N4O2/c1-11-6-17-19(8-11)13-9-18(10-13)12(2)15(20)16-7-14-4-3-5-21-14/h6,8,12-14H,3-5,7,9-10H2,1-2H3,(H,16,20)/t12-,14+/m0/s1. The van der Waals surface area contributed by atoms with E-state index in [0.29, 0.717) is 12.6 Å². The molecule has 2 atom stereocenters. The summed E-state index contributed by atoms with van der Waals surface area (Å²) in [6.45, 7) is 7.24. The molecule has 0 aromatic carbocycles. The van der Waals surface area contributed by atoms with E-state index in [9.17, 15) is 4.79 Å². The first-order valence-electron chi connectivity index (χ1n) is 7.77. The lowest BCUT2D eigenvalue weighted by Gasteiger charge is -2.42. The van der Waals surface area contributed by atoms with E-state index in [0.717, 1.165) is 32.5 Å². The Hall–Kier alpha value is -1.40. The van der Waals surface area contributed by atoms with Crippen LogP contribution in [0.4, 0.5) is 0 Å². The Morgan fingerprint density at radius 2 is 2.38 bits per heavy atom. The summed E-state index contributed by atoms with van der Waals surface area (Å²) < 4.78 is 7.52. The van der Waals surface area contributed by atoms with Gasteiger partial charge in [0.05, 0.1) is 24.4 Å². The molecule has 2 saturated heterocycles. The first-order chi connectivity index (χ1) is 10.1. The van der Waals surface area contributed by atoms with Crippen molar-refractivity contribution in [3.8, 4) is 0 Å². The zero-order valence-corrected chi connectivity index (χ0v) is 12.8. The number of rotatable bonds is 5. The molecule has 21 heavy (non-hydrogen) atoms. The predicted molar refractivity (Wildman–Crippen MR) is 79.0 cm³/mol. The van der Waals surface area contributed by atoms with Crippen LogP contribution < -0.4 is 5.32 Å². The maximum atomic E-state index is 12.2. The highest BCUT2D eigenvalue weighted by atomic mass is 16.5. The van der Waals surface area contributed by atoms with Crippen molar-refractivity contribution in [1.82, 2.24) is 20.0 Å². The molecule has 2 aliphatic heterocycles. The number of aromatic nitrogens is 2. The number of hydrogen-bond acceptors (Lipinski definition) is 4. The van der Waals surface area contributed by atoms with Gasteiger partial charge in [0, 0.05) is 32.4 Å². The lowest BCUT2D eigenvalue weighted by atomic mass is 10.1. The van der Waals surface area contributed by atoms with E-state index >= 15 is 0 Å². The topological polar surface area (TPSA) is 59.4 Å². The molecule has 0 aliphatic carbocycles. The van der Waals surface area contributed by atoms with Gasteiger partial charge in [-0.25, -0.2) is 0 Å². The van der Waals surface area contributed by atoms with Crippen molar-refractivity contribution < 1.29 is 9.53 Å². The summed E-state index contributed by atoms with van der Waals surface area (Å²) in [6, 6.07) is 0.312. The van der Waals surface area contributed by atoms with Gasteiger partial charge in [0.15, 0.2) is 0 Å². The smallest absolute Gasteiger partial charge is 0.237 e. The molecule has 1 amide bonds. The Bertz CT molecular complexity index is 490. The molecular formula is C15H24N4O2. The highest BCUT2D eigenvalue weighted by Gasteiger charge is 2.35. The third-order valence-corrected chi connectivity index (χ3v) is 4.45. The average molecular weight is 292 g/mol. The molecule has 1 aromatic heterocycles. The molecule has 0 unspecified atom stereocenters. The van der Waals surface area contributed by atoms with Crippen LogP contribution in [0.2, 0.25) is 0 Å². The van der Waals surface area contributed by atoms with Gasteiger partial charge in [-0.05, 0) is 32.3 Å². The fourth-order valence-electron chi connectivity index (χ4n) is 2.94. The second kappa shape index (κ2) is 6.15. The van der Waals surface area contributed by atoms with Crippen LogP contribution >= 0.6 is 0 Å². The lowest BCUT2D eigenvalue weighted by molar-refractivity contribution is -0.128. The molecule has 0 saturated carbocycles. The fraction of sp³-hybridized carbons (Fsp3) is 0.733. The molecule has 6 nitrogen and oxygen atoms in total. The first kappa shape index (κ1) is 14.5. The van der Waals surface area contributed by atoms with E-state index in [1.54, 1.807) is 0 Å². The van der Waals surface area contributed by atoms with Gasteiger partial charge >= 0.3 is 0 Å². The number of carbonyl (C=O) groups is 1. The normalized spacial score (nSPS) is 24.8. The van der Waals surface area contributed by atoms with Crippen LogP contribution in [0, 0.1) is 6.92 Å². The molecule has 6 heteroatoms. The van der Waals surface area contributed by atoms with Crippen LogP contribution in [-0.2, 0) is 9.53 Å². The molecular weight excluding hydrogens is 268 g/mol. The number of carbonyl (C=O) groups excluding carboxylic acids is 1. The first-order valence-corrected chi connectivity index (χ1v) is 7.77. The Balaban J connectivity index is 1.41. The summed E-state index contributed by atoms with van der Waals surface area (Å²) in [5.41, 5.74) is 1.18. The van der Waals surface area contributed by atoms with Gasteiger partial charge in [0.1, 0.15) is 0 Å². The summed E-state index contributed by atoms with van der Waals surface area (Å²) in [6.07, 6.45) is 6.30. The maximum Gasteiger partial charge on any atom is 0.237 e. The Labute approximate surface area is 125 Å². The molecule has 0 spiro atoms. The highest BCUT2D eigenvalue weighted by molar-refractivity contribution is 5.81. The minimum atomic E-state index is -0.0840. The van der Waals surface area contributed by atoms with Gasteiger partial charge in [-0.15, -0.1) is 0 Å². The maximum absolute atomic E-state index is 12.2. The second-order valence-corrected chi connectivity index (χ2v) is 6.16. The summed E-state index contributed by atoms with van der Waals surface area (Å²) >= 11 is 0. The molecule has 0 bridgehead atoms. The van der Waals surface area contributed by atoms with Crippen molar-refractivity contribution in [3.05, 3.63) is 18.0 Å². The molecule has 1 N–H and O–H groups in total. The minimum Gasteiger partial charge on any atom is -0.376 e. The number of nitrogens with zero attached hydrogens (tertiary/aromatic N) is 3. The van der Waals surface area contributed by atoms with Gasteiger partial charge in [-0.2, -0.15) is 5.10 Å². The highest BCUT2D eigenvalue weighted by Crippen LogP contribution is 2.23. The molecule has 2 aliphatic rings. The molecule has 0 radical (unpaired) electrons. The van der Waals surface area contributed by atoms with Crippen molar-refractivity contribution in [1.29, 1.82) is 0 Å². The monoisotopic (exact) mass is 292 g/mol. The van der Waals surface area contributed by atoms with Crippen LogP contribution in [0.5, 0.6) is 0 Å². The molecule has 3 rings (SSSR count).